The van der Waals surface area contributed by atoms with E-state index in [1.54, 1.807) is 39.8 Å². The average Bonchev–Trinajstić information content (AvgIpc) is 3.17. The molecule has 1 aliphatic rings. The summed E-state index contributed by atoms with van der Waals surface area (Å²) < 4.78 is 49.5. The third kappa shape index (κ3) is 4.53. The number of nitrogens with one attached hydrogen (secondary N) is 1. The van der Waals surface area contributed by atoms with Crippen LogP contribution in [0, 0.1) is 0 Å². The van der Waals surface area contributed by atoms with Gasteiger partial charge >= 0.3 is 15.2 Å². The number of carbonyl (C=O) groups excluding carboxylic acids is 1. The summed E-state index contributed by atoms with van der Waals surface area (Å²) in [6.45, 7) is 6.59. The van der Waals surface area contributed by atoms with E-state index >= 15 is 0 Å². The third-order valence-electron chi connectivity index (χ3n) is 4.07. The van der Waals surface area contributed by atoms with Crippen molar-refractivity contribution in [1.82, 2.24) is 10.4 Å². The fourth-order valence-electron chi connectivity index (χ4n) is 2.91. The van der Waals surface area contributed by atoms with Crippen LogP contribution in [-0.2, 0) is 27.2 Å². The summed E-state index contributed by atoms with van der Waals surface area (Å²) in [5.41, 5.74) is 2.90. The average molecular weight is 447 g/mol. The van der Waals surface area contributed by atoms with Gasteiger partial charge in [0.25, 0.3) is 5.02 Å². The Balaban J connectivity index is 2.54. The molecular weight excluding hydrogens is 420 g/mol. The molecule has 0 saturated carbocycles. The maximum Gasteiger partial charge on any atom is 0.370 e. The van der Waals surface area contributed by atoms with Crippen molar-refractivity contribution in [3.8, 4) is 0 Å². The van der Waals surface area contributed by atoms with Crippen molar-refractivity contribution >= 4 is 26.7 Å². The Morgan fingerprint density at radius 3 is 1.97 bits per heavy atom. The highest BCUT2D eigenvalue weighted by Crippen LogP contribution is 2.78. The molecule has 10 nitrogen and oxygen atoms in total. The summed E-state index contributed by atoms with van der Waals surface area (Å²) in [5, 5.41) is 2.07. The number of pyridine rings is 1. The van der Waals surface area contributed by atoms with Crippen molar-refractivity contribution in [2.24, 2.45) is 5.10 Å². The van der Waals surface area contributed by atoms with Crippen LogP contribution in [0.25, 0.3) is 0 Å². The topological polar surface area (TPSA) is 125 Å². The normalized spacial score (nSPS) is 16.3. The van der Waals surface area contributed by atoms with Gasteiger partial charge in [0.1, 0.15) is 5.71 Å². The van der Waals surface area contributed by atoms with Crippen LogP contribution in [0.3, 0.4) is 0 Å². The van der Waals surface area contributed by atoms with Crippen molar-refractivity contribution in [3.63, 3.8) is 0 Å². The van der Waals surface area contributed by atoms with Crippen LogP contribution >= 0.6 is 15.2 Å². The van der Waals surface area contributed by atoms with Gasteiger partial charge in [0, 0.05) is 24.4 Å². The first-order valence-corrected chi connectivity index (χ1v) is 12.5. The molecule has 12 heteroatoms. The first-order valence-electron chi connectivity index (χ1n) is 9.39. The second-order valence-electron chi connectivity index (χ2n) is 5.90. The SMILES string of the molecule is CCOP(=O)(OCC)C1(P(=O)(OCC)OCC)CC(C(=O)c2cccnc2)=NN1. The number of aromatic nitrogens is 1. The van der Waals surface area contributed by atoms with E-state index in [2.05, 4.69) is 15.5 Å². The minimum atomic E-state index is -4.15. The van der Waals surface area contributed by atoms with Crippen LogP contribution in [0.1, 0.15) is 44.5 Å². The van der Waals surface area contributed by atoms with E-state index in [4.69, 9.17) is 18.1 Å². The predicted octanol–water partition coefficient (Wildman–Crippen LogP) is 3.80. The zero-order valence-electron chi connectivity index (χ0n) is 17.0. The molecule has 0 amide bonds. The Kier molecular flexibility index (Phi) is 8.28. The van der Waals surface area contributed by atoms with E-state index in [0.29, 0.717) is 0 Å². The highest BCUT2D eigenvalue weighted by atomic mass is 31.2. The van der Waals surface area contributed by atoms with Gasteiger partial charge in [-0.2, -0.15) is 5.10 Å². The van der Waals surface area contributed by atoms with Gasteiger partial charge in [0.05, 0.1) is 26.4 Å². The Morgan fingerprint density at radius 1 is 1.03 bits per heavy atom. The molecule has 0 radical (unpaired) electrons. The van der Waals surface area contributed by atoms with Gasteiger partial charge in [-0.1, -0.05) is 0 Å². The van der Waals surface area contributed by atoms with Gasteiger partial charge < -0.3 is 18.1 Å². The second-order valence-corrected chi connectivity index (χ2v) is 10.8. The maximum atomic E-state index is 13.8. The number of hydrogen-bond donors (Lipinski definition) is 1. The summed E-state index contributed by atoms with van der Waals surface area (Å²) in [7, 11) is -8.31. The van der Waals surface area contributed by atoms with Crippen molar-refractivity contribution in [2.75, 3.05) is 26.4 Å². The monoisotopic (exact) mass is 447 g/mol. The Hall–Kier alpha value is -1.41. The predicted molar refractivity (Wildman–Crippen MR) is 108 cm³/mol. The second kappa shape index (κ2) is 10.1. The van der Waals surface area contributed by atoms with Gasteiger partial charge in [-0.05, 0) is 39.8 Å². The van der Waals surface area contributed by atoms with Crippen LogP contribution in [0.4, 0.5) is 0 Å². The molecule has 1 aliphatic heterocycles. The maximum absolute atomic E-state index is 13.8. The molecule has 1 aromatic heterocycles. The van der Waals surface area contributed by atoms with E-state index in [-0.39, 0.29) is 44.1 Å². The van der Waals surface area contributed by atoms with Crippen LogP contribution in [0.5, 0.6) is 0 Å². The molecule has 162 valence electrons. The number of ketones is 1. The molecule has 0 spiro atoms. The van der Waals surface area contributed by atoms with Crippen LogP contribution in [0.2, 0.25) is 0 Å². The van der Waals surface area contributed by atoms with E-state index in [0.717, 1.165) is 0 Å². The fraction of sp³-hybridized carbons (Fsp3) is 0.588. The van der Waals surface area contributed by atoms with E-state index in [9.17, 15) is 13.9 Å². The number of hydrogen-bond acceptors (Lipinski definition) is 10. The van der Waals surface area contributed by atoms with Crippen molar-refractivity contribution in [3.05, 3.63) is 30.1 Å². The van der Waals surface area contributed by atoms with Crippen LogP contribution in [-0.4, -0.2) is 47.9 Å². The minimum Gasteiger partial charge on any atom is -0.307 e. The molecule has 2 rings (SSSR count). The van der Waals surface area contributed by atoms with E-state index < -0.39 is 26.0 Å². The summed E-state index contributed by atoms with van der Waals surface area (Å²) >= 11 is 0. The number of rotatable bonds is 12. The van der Waals surface area contributed by atoms with E-state index in [1.165, 1.54) is 12.4 Å². The molecule has 0 saturated heterocycles. The lowest BCUT2D eigenvalue weighted by Crippen LogP contribution is -2.42. The van der Waals surface area contributed by atoms with Crippen molar-refractivity contribution in [1.29, 1.82) is 0 Å². The highest BCUT2D eigenvalue weighted by molar-refractivity contribution is 7.74. The van der Waals surface area contributed by atoms with E-state index in [1.807, 2.05) is 0 Å². The molecule has 0 aromatic carbocycles. The summed E-state index contributed by atoms with van der Waals surface area (Å²) in [6, 6.07) is 3.19. The van der Waals surface area contributed by atoms with Crippen LogP contribution in [0.15, 0.2) is 29.6 Å². The first kappa shape index (κ1) is 23.9. The zero-order valence-corrected chi connectivity index (χ0v) is 18.8. The Labute approximate surface area is 170 Å². The zero-order chi connectivity index (χ0) is 21.5. The Morgan fingerprint density at radius 2 is 1.55 bits per heavy atom. The lowest BCUT2D eigenvalue weighted by atomic mass is 10.1. The van der Waals surface area contributed by atoms with Crippen molar-refractivity contribution in [2.45, 2.75) is 39.1 Å². The van der Waals surface area contributed by atoms with Gasteiger partial charge in [0.15, 0.2) is 0 Å². The lowest BCUT2D eigenvalue weighted by Gasteiger charge is -2.38. The molecular formula is C17H27N3O7P2. The standard InChI is InChI=1S/C17H27N3O7P2/c1-5-24-28(22,25-6-2)17(29(23,26-7-3)27-8-4)12-15(19-20-17)16(21)14-10-9-11-18-13-14/h9-11,13,20H,5-8,12H2,1-4H3. The van der Waals surface area contributed by atoms with Gasteiger partial charge in [-0.25, -0.2) is 0 Å². The summed E-state index contributed by atoms with van der Waals surface area (Å²) in [6.07, 6.45) is 2.60. The van der Waals surface area contributed by atoms with Gasteiger partial charge in [-0.3, -0.25) is 24.3 Å². The largest absolute Gasteiger partial charge is 0.370 e. The molecule has 0 fully saturated rings. The molecule has 0 atom stereocenters. The molecule has 29 heavy (non-hydrogen) atoms. The van der Waals surface area contributed by atoms with Crippen molar-refractivity contribution < 1.29 is 32.0 Å². The summed E-state index contributed by atoms with van der Waals surface area (Å²) in [4.78, 5) is 16.8. The molecule has 1 N–H and O–H groups in total. The quantitative estimate of drug-likeness (QED) is 0.376. The fourth-order valence-corrected chi connectivity index (χ4v) is 8.20. The van der Waals surface area contributed by atoms with Gasteiger partial charge in [0.2, 0.25) is 5.78 Å². The number of Topliss-reactive ketones (excluding diaryl/α,β-unsaturated/α-hetero) is 1. The molecule has 0 unspecified atom stereocenters. The smallest absolute Gasteiger partial charge is 0.307 e. The number of carbonyl (C=O) groups is 1. The lowest BCUT2D eigenvalue weighted by molar-refractivity contribution is 0.106. The molecule has 0 bridgehead atoms. The third-order valence-corrected chi connectivity index (χ3v) is 10.3. The molecule has 2 heterocycles. The summed E-state index contributed by atoms with van der Waals surface area (Å²) in [5.74, 6) is -0.452. The molecule has 0 aliphatic carbocycles. The van der Waals surface area contributed by atoms with Crippen LogP contribution < -0.4 is 5.43 Å². The number of hydrazone groups is 1. The first-order chi connectivity index (χ1) is 13.8. The highest BCUT2D eigenvalue weighted by Gasteiger charge is 2.68. The minimum absolute atomic E-state index is 0.00253. The van der Waals surface area contributed by atoms with Gasteiger partial charge in [-0.15, -0.1) is 0 Å². The Bertz CT molecular complexity index is 782. The molecule has 1 aromatic rings. The number of nitrogens with zero attached hydrogens (tertiary/aromatic N) is 2.